The van der Waals surface area contributed by atoms with Crippen molar-refractivity contribution in [2.24, 2.45) is 0 Å². The lowest BCUT2D eigenvalue weighted by Crippen LogP contribution is -2.38. The highest BCUT2D eigenvalue weighted by molar-refractivity contribution is 9.10. The summed E-state index contributed by atoms with van der Waals surface area (Å²) in [4.78, 5) is 12.3. The minimum Gasteiger partial charge on any atom is -0.334 e. The molecule has 26 heavy (non-hydrogen) atoms. The van der Waals surface area contributed by atoms with Crippen LogP contribution in [-0.2, 0) is 6.54 Å². The molecule has 2 heterocycles. The molecule has 136 valence electrons. The van der Waals surface area contributed by atoms with Crippen molar-refractivity contribution in [3.8, 4) is 0 Å². The maximum absolute atomic E-state index is 13.8. The van der Waals surface area contributed by atoms with E-state index in [1.54, 1.807) is 12.1 Å². The molecule has 0 saturated heterocycles. The Hall–Kier alpha value is -2.48. The standard InChI is InChI=1S/C18H19BrFN5O/c1-2-5-15(17-24-23-16-6-3-4-9-25(16)17)22-18(26)21-11-12-10-13(19)7-8-14(12)20/h3-4,6-10,15H,2,5,11H2,1H3,(H2,21,22,26). The van der Waals surface area contributed by atoms with Gasteiger partial charge in [-0.3, -0.25) is 4.40 Å². The van der Waals surface area contributed by atoms with Gasteiger partial charge in [-0.25, -0.2) is 9.18 Å². The maximum atomic E-state index is 13.8. The fraction of sp³-hybridized carbons (Fsp3) is 0.278. The first-order valence-electron chi connectivity index (χ1n) is 8.36. The number of urea groups is 1. The molecule has 3 rings (SSSR count). The minimum absolute atomic E-state index is 0.0938. The van der Waals surface area contributed by atoms with Gasteiger partial charge in [-0.1, -0.05) is 35.3 Å². The summed E-state index contributed by atoms with van der Waals surface area (Å²) in [5.41, 5.74) is 1.14. The average Bonchev–Trinajstić information content (AvgIpc) is 3.06. The molecule has 1 unspecified atom stereocenters. The number of nitrogens with zero attached hydrogens (tertiary/aromatic N) is 3. The lowest BCUT2D eigenvalue weighted by Gasteiger charge is -2.17. The first-order chi connectivity index (χ1) is 12.6. The Morgan fingerprint density at radius 3 is 2.96 bits per heavy atom. The molecule has 0 aliphatic heterocycles. The average molecular weight is 420 g/mol. The van der Waals surface area contributed by atoms with Crippen LogP contribution in [0.1, 0.15) is 37.2 Å². The smallest absolute Gasteiger partial charge is 0.315 e. The van der Waals surface area contributed by atoms with Gasteiger partial charge in [0.15, 0.2) is 11.5 Å². The third kappa shape index (κ3) is 4.19. The highest BCUT2D eigenvalue weighted by atomic mass is 79.9. The van der Waals surface area contributed by atoms with Crippen molar-refractivity contribution in [1.29, 1.82) is 0 Å². The summed E-state index contributed by atoms with van der Waals surface area (Å²) in [5.74, 6) is 0.313. The topological polar surface area (TPSA) is 71.3 Å². The Bertz CT molecular complexity index is 913. The van der Waals surface area contributed by atoms with Gasteiger partial charge < -0.3 is 10.6 Å². The van der Waals surface area contributed by atoms with E-state index in [-0.39, 0.29) is 24.4 Å². The van der Waals surface area contributed by atoms with Crippen molar-refractivity contribution in [2.45, 2.75) is 32.4 Å². The molecule has 2 aromatic heterocycles. The monoisotopic (exact) mass is 419 g/mol. The Morgan fingerprint density at radius 1 is 1.31 bits per heavy atom. The molecule has 2 N–H and O–H groups in total. The summed E-state index contributed by atoms with van der Waals surface area (Å²) in [6.45, 7) is 2.13. The van der Waals surface area contributed by atoms with Crippen LogP contribution >= 0.6 is 15.9 Å². The fourth-order valence-electron chi connectivity index (χ4n) is 2.72. The molecule has 0 saturated carbocycles. The third-order valence-corrected chi connectivity index (χ3v) is 4.47. The number of benzene rings is 1. The second kappa shape index (κ2) is 8.27. The molecule has 6 nitrogen and oxygen atoms in total. The summed E-state index contributed by atoms with van der Waals surface area (Å²) in [5, 5.41) is 14.0. The van der Waals surface area contributed by atoms with E-state index in [1.165, 1.54) is 6.07 Å². The Kier molecular flexibility index (Phi) is 5.82. The molecule has 8 heteroatoms. The molecule has 1 atom stereocenters. The van der Waals surface area contributed by atoms with Gasteiger partial charge in [0, 0.05) is 22.8 Å². The van der Waals surface area contributed by atoms with Crippen LogP contribution in [0.25, 0.3) is 5.65 Å². The fourth-order valence-corrected chi connectivity index (χ4v) is 3.12. The van der Waals surface area contributed by atoms with E-state index >= 15 is 0 Å². The molecule has 0 bridgehead atoms. The SMILES string of the molecule is CCCC(NC(=O)NCc1cc(Br)ccc1F)c1nnc2ccccn12. The van der Waals surface area contributed by atoms with Crippen molar-refractivity contribution < 1.29 is 9.18 Å². The largest absolute Gasteiger partial charge is 0.334 e. The van der Waals surface area contributed by atoms with E-state index < -0.39 is 0 Å². The van der Waals surface area contributed by atoms with Crippen molar-refractivity contribution in [1.82, 2.24) is 25.2 Å². The number of fused-ring (bicyclic) bond motifs is 1. The van der Waals surface area contributed by atoms with Crippen molar-refractivity contribution in [2.75, 3.05) is 0 Å². The second-order valence-electron chi connectivity index (χ2n) is 5.89. The number of hydrogen-bond acceptors (Lipinski definition) is 3. The number of hydrogen-bond donors (Lipinski definition) is 2. The van der Waals surface area contributed by atoms with E-state index in [2.05, 4.69) is 36.8 Å². The van der Waals surface area contributed by atoms with Crippen LogP contribution < -0.4 is 10.6 Å². The quantitative estimate of drug-likeness (QED) is 0.634. The molecule has 0 aliphatic carbocycles. The zero-order valence-corrected chi connectivity index (χ0v) is 15.8. The molecule has 2 amide bonds. The Morgan fingerprint density at radius 2 is 2.15 bits per heavy atom. The van der Waals surface area contributed by atoms with Crippen molar-refractivity contribution in [3.05, 3.63) is 64.3 Å². The number of halogens is 2. The van der Waals surface area contributed by atoms with Gasteiger partial charge >= 0.3 is 6.03 Å². The molecular formula is C18H19BrFN5O. The molecule has 0 spiro atoms. The van der Waals surface area contributed by atoms with Crippen LogP contribution in [0.4, 0.5) is 9.18 Å². The van der Waals surface area contributed by atoms with Crippen molar-refractivity contribution in [3.63, 3.8) is 0 Å². The summed E-state index contributed by atoms with van der Waals surface area (Å²) in [6, 6.07) is 9.59. The highest BCUT2D eigenvalue weighted by Crippen LogP contribution is 2.18. The summed E-state index contributed by atoms with van der Waals surface area (Å²) < 4.78 is 16.4. The van der Waals surface area contributed by atoms with E-state index in [4.69, 9.17) is 0 Å². The minimum atomic E-state index is -0.379. The van der Waals surface area contributed by atoms with Gasteiger partial charge in [0.2, 0.25) is 0 Å². The molecule has 0 aliphatic rings. The molecular weight excluding hydrogens is 401 g/mol. The normalized spacial score (nSPS) is 12.1. The van der Waals surface area contributed by atoms with Crippen molar-refractivity contribution >= 4 is 27.6 Å². The number of aromatic nitrogens is 3. The molecule has 0 fully saturated rings. The van der Waals surface area contributed by atoms with Crippen LogP contribution in [0, 0.1) is 5.82 Å². The lowest BCUT2D eigenvalue weighted by molar-refractivity contribution is 0.235. The zero-order valence-electron chi connectivity index (χ0n) is 14.2. The first-order valence-corrected chi connectivity index (χ1v) is 9.15. The van der Waals surface area contributed by atoms with E-state index in [9.17, 15) is 9.18 Å². The summed E-state index contributed by atoms with van der Waals surface area (Å²) in [7, 11) is 0. The van der Waals surface area contributed by atoms with Gasteiger partial charge in [0.05, 0.1) is 6.04 Å². The Labute approximate surface area is 158 Å². The van der Waals surface area contributed by atoms with Crippen LogP contribution in [0.2, 0.25) is 0 Å². The van der Waals surface area contributed by atoms with Gasteiger partial charge in [-0.2, -0.15) is 0 Å². The number of nitrogens with one attached hydrogen (secondary N) is 2. The van der Waals surface area contributed by atoms with Gasteiger partial charge in [0.25, 0.3) is 0 Å². The Balaban J connectivity index is 1.69. The van der Waals surface area contributed by atoms with Crippen LogP contribution in [0.15, 0.2) is 47.1 Å². The number of carbonyl (C=O) groups excluding carboxylic acids is 1. The molecule has 1 aromatic carbocycles. The number of rotatable bonds is 6. The summed E-state index contributed by atoms with van der Waals surface area (Å²) >= 11 is 3.30. The molecule has 3 aromatic rings. The van der Waals surface area contributed by atoms with Gasteiger partial charge in [-0.05, 0) is 36.8 Å². The molecule has 0 radical (unpaired) electrons. The first kappa shape index (κ1) is 18.3. The third-order valence-electron chi connectivity index (χ3n) is 3.98. The number of pyridine rings is 1. The predicted molar refractivity (Wildman–Crippen MR) is 100 cm³/mol. The van der Waals surface area contributed by atoms with E-state index in [1.807, 2.05) is 35.7 Å². The van der Waals surface area contributed by atoms with Crippen LogP contribution in [-0.4, -0.2) is 20.6 Å². The van der Waals surface area contributed by atoms with Gasteiger partial charge in [-0.15, -0.1) is 10.2 Å². The summed E-state index contributed by atoms with van der Waals surface area (Å²) in [6.07, 6.45) is 3.45. The van der Waals surface area contributed by atoms with E-state index in [0.29, 0.717) is 17.8 Å². The van der Waals surface area contributed by atoms with Crippen LogP contribution in [0.5, 0.6) is 0 Å². The number of carbonyl (C=O) groups is 1. The number of amides is 2. The predicted octanol–water partition coefficient (Wildman–Crippen LogP) is 3.97. The van der Waals surface area contributed by atoms with Crippen LogP contribution in [0.3, 0.4) is 0 Å². The zero-order chi connectivity index (χ0) is 18.5. The lowest BCUT2D eigenvalue weighted by atomic mass is 10.1. The van der Waals surface area contributed by atoms with Gasteiger partial charge in [0.1, 0.15) is 5.82 Å². The highest BCUT2D eigenvalue weighted by Gasteiger charge is 2.19. The van der Waals surface area contributed by atoms with E-state index in [0.717, 1.165) is 16.5 Å². The second-order valence-corrected chi connectivity index (χ2v) is 6.81. The maximum Gasteiger partial charge on any atom is 0.315 e.